The monoisotopic (exact) mass is 244 g/mol. The maximum absolute atomic E-state index is 11.3. The average molecular weight is 245 g/mol. The largest absolute Gasteiger partial charge is 0.469 e. The minimum absolute atomic E-state index is 0.0500. The van der Waals surface area contributed by atoms with E-state index < -0.39 is 0 Å². The Labute approximate surface area is 98.1 Å². The number of hydrogen-bond acceptors (Lipinski definition) is 2. The van der Waals surface area contributed by atoms with Crippen LogP contribution < -0.4 is 0 Å². The van der Waals surface area contributed by atoms with Crippen molar-refractivity contribution < 1.29 is 9.53 Å². The highest BCUT2D eigenvalue weighted by atomic mass is 35.5. The molecular weight excluding hydrogens is 235 g/mol. The van der Waals surface area contributed by atoms with Crippen LogP contribution in [0.15, 0.2) is 18.2 Å². The Morgan fingerprint density at radius 2 is 2.20 bits per heavy atom. The molecule has 4 heteroatoms. The van der Waals surface area contributed by atoms with E-state index in [1.165, 1.54) is 7.11 Å². The number of methoxy groups -OCH3 is 1. The van der Waals surface area contributed by atoms with Crippen molar-refractivity contribution in [1.82, 2.24) is 0 Å². The zero-order valence-electron chi connectivity index (χ0n) is 8.17. The minimum atomic E-state index is -0.170. The molecule has 1 saturated carbocycles. The molecular formula is C11H10Cl2O2. The lowest BCUT2D eigenvalue weighted by atomic mass is 10.1. The van der Waals surface area contributed by atoms with Crippen molar-refractivity contribution in [3.05, 3.63) is 33.8 Å². The molecule has 0 aliphatic heterocycles. The topological polar surface area (TPSA) is 26.3 Å². The fourth-order valence-corrected chi connectivity index (χ4v) is 2.19. The fraction of sp³-hybridized carbons (Fsp3) is 0.364. The number of esters is 1. The maximum atomic E-state index is 11.3. The number of hydrogen-bond donors (Lipinski definition) is 0. The normalized spacial score (nSPS) is 23.7. The SMILES string of the molecule is COC(=O)C1CC1c1cc(Cl)ccc1Cl. The molecule has 1 aromatic carbocycles. The molecule has 2 rings (SSSR count). The summed E-state index contributed by atoms with van der Waals surface area (Å²) in [6.07, 6.45) is 0.798. The molecule has 0 radical (unpaired) electrons. The lowest BCUT2D eigenvalue weighted by Crippen LogP contribution is -2.04. The summed E-state index contributed by atoms with van der Waals surface area (Å²) < 4.78 is 4.68. The van der Waals surface area contributed by atoms with Gasteiger partial charge in [0.1, 0.15) is 0 Å². The number of ether oxygens (including phenoxy) is 1. The van der Waals surface area contributed by atoms with Gasteiger partial charge in [0, 0.05) is 10.0 Å². The van der Waals surface area contributed by atoms with Gasteiger partial charge in [0.2, 0.25) is 0 Å². The summed E-state index contributed by atoms with van der Waals surface area (Å²) in [5.41, 5.74) is 0.944. The Kier molecular flexibility index (Phi) is 2.89. The van der Waals surface area contributed by atoms with Gasteiger partial charge in [-0.1, -0.05) is 23.2 Å². The summed E-state index contributed by atoms with van der Waals surface area (Å²) in [5, 5.41) is 1.31. The van der Waals surface area contributed by atoms with Gasteiger partial charge in [-0.2, -0.15) is 0 Å². The first-order valence-electron chi connectivity index (χ1n) is 4.66. The number of rotatable bonds is 2. The van der Waals surface area contributed by atoms with Crippen molar-refractivity contribution in [3.63, 3.8) is 0 Å². The van der Waals surface area contributed by atoms with Gasteiger partial charge in [0.15, 0.2) is 0 Å². The molecule has 0 bridgehead atoms. The first-order chi connectivity index (χ1) is 7.13. The van der Waals surface area contributed by atoms with E-state index in [0.29, 0.717) is 10.0 Å². The molecule has 1 aliphatic rings. The highest BCUT2D eigenvalue weighted by Crippen LogP contribution is 2.50. The van der Waals surface area contributed by atoms with Crippen LogP contribution in [-0.4, -0.2) is 13.1 Å². The first kappa shape index (κ1) is 10.8. The van der Waals surface area contributed by atoms with Crippen LogP contribution in [0.4, 0.5) is 0 Å². The Morgan fingerprint density at radius 1 is 1.47 bits per heavy atom. The molecule has 0 aromatic heterocycles. The molecule has 1 fully saturated rings. The van der Waals surface area contributed by atoms with Crippen molar-refractivity contribution in [3.8, 4) is 0 Å². The van der Waals surface area contributed by atoms with Gasteiger partial charge in [-0.15, -0.1) is 0 Å². The molecule has 1 aromatic rings. The van der Waals surface area contributed by atoms with E-state index in [1.807, 2.05) is 6.07 Å². The van der Waals surface area contributed by atoms with Crippen LogP contribution in [0.5, 0.6) is 0 Å². The first-order valence-corrected chi connectivity index (χ1v) is 5.42. The molecule has 80 valence electrons. The van der Waals surface area contributed by atoms with Gasteiger partial charge in [0.05, 0.1) is 13.0 Å². The standard InChI is InChI=1S/C11H10Cl2O2/c1-15-11(14)9-5-7(9)8-4-6(12)2-3-10(8)13/h2-4,7,9H,5H2,1H3. The highest BCUT2D eigenvalue weighted by molar-refractivity contribution is 6.33. The second-order valence-corrected chi connectivity index (χ2v) is 4.48. The summed E-state index contributed by atoms with van der Waals surface area (Å²) in [6.45, 7) is 0. The quantitative estimate of drug-likeness (QED) is 0.747. The molecule has 0 saturated heterocycles. The minimum Gasteiger partial charge on any atom is -0.469 e. The summed E-state index contributed by atoms with van der Waals surface area (Å²) in [5.74, 6) is -0.0503. The van der Waals surface area contributed by atoms with Crippen molar-refractivity contribution in [2.24, 2.45) is 5.92 Å². The predicted molar refractivity (Wildman–Crippen MR) is 59.3 cm³/mol. The van der Waals surface area contributed by atoms with Gasteiger partial charge in [-0.25, -0.2) is 0 Å². The second kappa shape index (κ2) is 4.03. The van der Waals surface area contributed by atoms with E-state index in [-0.39, 0.29) is 17.8 Å². The highest BCUT2D eigenvalue weighted by Gasteiger charge is 2.45. The third-order valence-corrected chi connectivity index (χ3v) is 3.23. The van der Waals surface area contributed by atoms with E-state index in [9.17, 15) is 4.79 Å². The van der Waals surface area contributed by atoms with Crippen LogP contribution in [0.3, 0.4) is 0 Å². The molecule has 0 heterocycles. The molecule has 0 spiro atoms. The van der Waals surface area contributed by atoms with Gasteiger partial charge in [0.25, 0.3) is 0 Å². The molecule has 0 amide bonds. The van der Waals surface area contributed by atoms with E-state index in [2.05, 4.69) is 4.74 Å². The van der Waals surface area contributed by atoms with Crippen molar-refractivity contribution in [1.29, 1.82) is 0 Å². The van der Waals surface area contributed by atoms with Gasteiger partial charge in [-0.05, 0) is 36.1 Å². The van der Waals surface area contributed by atoms with Gasteiger partial charge in [-0.3, -0.25) is 4.79 Å². The van der Waals surface area contributed by atoms with E-state index in [0.717, 1.165) is 12.0 Å². The number of benzene rings is 1. The van der Waals surface area contributed by atoms with Crippen molar-refractivity contribution >= 4 is 29.2 Å². The van der Waals surface area contributed by atoms with Crippen LogP contribution in [0.25, 0.3) is 0 Å². The predicted octanol–water partition coefficient (Wildman–Crippen LogP) is 3.27. The zero-order valence-corrected chi connectivity index (χ0v) is 9.68. The Morgan fingerprint density at radius 3 is 2.87 bits per heavy atom. The zero-order chi connectivity index (χ0) is 11.0. The van der Waals surface area contributed by atoms with Crippen LogP contribution in [0, 0.1) is 5.92 Å². The maximum Gasteiger partial charge on any atom is 0.309 e. The third-order valence-electron chi connectivity index (χ3n) is 2.65. The summed E-state index contributed by atoms with van der Waals surface area (Å²) in [6, 6.07) is 5.31. The summed E-state index contributed by atoms with van der Waals surface area (Å²) >= 11 is 11.9. The second-order valence-electron chi connectivity index (χ2n) is 3.64. The van der Waals surface area contributed by atoms with Crippen LogP contribution in [0.1, 0.15) is 17.9 Å². The number of carbonyl (C=O) groups is 1. The lowest BCUT2D eigenvalue weighted by Gasteiger charge is -2.03. The van der Waals surface area contributed by atoms with E-state index >= 15 is 0 Å². The fourth-order valence-electron chi connectivity index (χ4n) is 1.75. The van der Waals surface area contributed by atoms with E-state index in [1.54, 1.807) is 12.1 Å². The van der Waals surface area contributed by atoms with Gasteiger partial charge >= 0.3 is 5.97 Å². The molecule has 15 heavy (non-hydrogen) atoms. The average Bonchev–Trinajstić information content (AvgIpc) is 3.00. The molecule has 0 N–H and O–H groups in total. The smallest absolute Gasteiger partial charge is 0.309 e. The Balaban J connectivity index is 2.19. The molecule has 2 atom stereocenters. The number of halogens is 2. The number of carbonyl (C=O) groups excluding carboxylic acids is 1. The van der Waals surface area contributed by atoms with E-state index in [4.69, 9.17) is 23.2 Å². The molecule has 2 unspecified atom stereocenters. The van der Waals surface area contributed by atoms with Crippen molar-refractivity contribution in [2.75, 3.05) is 7.11 Å². The molecule has 2 nitrogen and oxygen atoms in total. The third kappa shape index (κ3) is 2.11. The van der Waals surface area contributed by atoms with Crippen LogP contribution in [-0.2, 0) is 9.53 Å². The Hall–Kier alpha value is -0.730. The Bertz CT molecular complexity index is 404. The van der Waals surface area contributed by atoms with Crippen LogP contribution in [0.2, 0.25) is 10.0 Å². The summed E-state index contributed by atoms with van der Waals surface area (Å²) in [4.78, 5) is 11.3. The lowest BCUT2D eigenvalue weighted by molar-refractivity contribution is -0.142. The molecule has 1 aliphatic carbocycles. The van der Waals surface area contributed by atoms with Gasteiger partial charge < -0.3 is 4.74 Å². The van der Waals surface area contributed by atoms with Crippen molar-refractivity contribution in [2.45, 2.75) is 12.3 Å². The van der Waals surface area contributed by atoms with Crippen LogP contribution >= 0.6 is 23.2 Å². The summed E-state index contributed by atoms with van der Waals surface area (Å²) in [7, 11) is 1.40.